The Morgan fingerprint density at radius 3 is 1.44 bits per heavy atom. The largest absolute Gasteiger partial charge is 0.478 e. The molecular formula is C34H35Br2Cl3N4O12S2. The molecule has 0 aliphatic rings. The molecule has 0 fully saturated rings. The van der Waals surface area contributed by atoms with Gasteiger partial charge in [0.25, 0.3) is 30.4 Å². The average molecular weight is 1020 g/mol. The van der Waals surface area contributed by atoms with E-state index in [1.54, 1.807) is 26.8 Å². The Kier molecular flexibility index (Phi) is 18.4. The van der Waals surface area contributed by atoms with E-state index in [1.807, 2.05) is 20.8 Å². The maximum absolute atomic E-state index is 12.8. The summed E-state index contributed by atoms with van der Waals surface area (Å²) in [5, 5.41) is 39.2. The number of carboxylic acids is 2. The third kappa shape index (κ3) is 12.7. The van der Waals surface area contributed by atoms with Gasteiger partial charge in [0.05, 0.1) is 31.0 Å². The van der Waals surface area contributed by atoms with Crippen molar-refractivity contribution < 1.29 is 46.5 Å². The molecule has 57 heavy (non-hydrogen) atoms. The number of hydrogen-bond acceptors (Lipinski definition) is 11. The Bertz CT molecular complexity index is 2500. The van der Waals surface area contributed by atoms with Gasteiger partial charge < -0.3 is 15.9 Å². The summed E-state index contributed by atoms with van der Waals surface area (Å²) in [5.41, 5.74) is 7.53. The Morgan fingerprint density at radius 2 is 1.05 bits per heavy atom. The van der Waals surface area contributed by atoms with Crippen LogP contribution in [0.1, 0.15) is 67.9 Å². The number of aromatic carboxylic acids is 2. The van der Waals surface area contributed by atoms with Crippen molar-refractivity contribution in [2.45, 2.75) is 65.2 Å². The zero-order valence-corrected chi connectivity index (χ0v) is 38.2. The number of nitrogen functional groups attached to an aromatic ring is 1. The van der Waals surface area contributed by atoms with Crippen LogP contribution >= 0.6 is 65.7 Å². The van der Waals surface area contributed by atoms with Crippen LogP contribution in [-0.2, 0) is 19.1 Å². The van der Waals surface area contributed by atoms with E-state index in [0.29, 0.717) is 26.7 Å². The summed E-state index contributed by atoms with van der Waals surface area (Å²) in [6.45, 7) is 13.7. The number of benzene rings is 4. The van der Waals surface area contributed by atoms with E-state index in [1.165, 1.54) is 44.2 Å². The van der Waals surface area contributed by atoms with E-state index < -0.39 is 56.5 Å². The van der Waals surface area contributed by atoms with Gasteiger partial charge in [0, 0.05) is 30.8 Å². The van der Waals surface area contributed by atoms with E-state index in [2.05, 4.69) is 36.6 Å². The van der Waals surface area contributed by atoms with Gasteiger partial charge in [-0.15, -0.1) is 0 Å². The first-order valence-corrected chi connectivity index (χ1v) is 21.9. The molecule has 0 atom stereocenters. The fourth-order valence-corrected chi connectivity index (χ4v) is 9.09. The normalized spacial score (nSPS) is 10.8. The number of carbonyl (C=O) groups is 2. The maximum Gasteiger partial charge on any atom is 0.337 e. The molecule has 0 heterocycles. The zero-order chi connectivity index (χ0) is 44.7. The number of nitro groups is 2. The molecule has 0 saturated carbocycles. The topological polar surface area (TPSA) is 267 Å². The molecular weight excluding hydrogens is 987 g/mol. The van der Waals surface area contributed by atoms with Gasteiger partial charge in [-0.05, 0) is 100 Å². The molecule has 0 spiro atoms. The second-order valence-electron chi connectivity index (χ2n) is 11.5. The number of rotatable bonds is 8. The lowest BCUT2D eigenvalue weighted by atomic mass is 10.1. The second-order valence-corrected chi connectivity index (χ2v) is 18.1. The van der Waals surface area contributed by atoms with Crippen LogP contribution in [0.3, 0.4) is 0 Å². The number of nitrogens with zero attached hydrogens (tertiary/aromatic N) is 2. The van der Waals surface area contributed by atoms with Crippen LogP contribution in [0.15, 0.2) is 55.1 Å². The lowest BCUT2D eigenvalue weighted by molar-refractivity contribution is -0.384. The zero-order valence-electron chi connectivity index (χ0n) is 31.1. The predicted molar refractivity (Wildman–Crippen MR) is 226 cm³/mol. The van der Waals surface area contributed by atoms with E-state index in [9.17, 15) is 51.8 Å². The van der Waals surface area contributed by atoms with Crippen molar-refractivity contribution in [3.05, 3.63) is 120 Å². The number of nitro benzene ring substituents is 2. The summed E-state index contributed by atoms with van der Waals surface area (Å²) < 4.78 is 51.2. The van der Waals surface area contributed by atoms with Gasteiger partial charge in [-0.3, -0.25) is 25.0 Å². The summed E-state index contributed by atoms with van der Waals surface area (Å²) in [4.78, 5) is 42.1. The summed E-state index contributed by atoms with van der Waals surface area (Å²) in [6.07, 6.45) is 0. The van der Waals surface area contributed by atoms with Crippen LogP contribution in [0, 0.1) is 61.8 Å². The average Bonchev–Trinajstić information content (AvgIpc) is 3.08. The van der Waals surface area contributed by atoms with Crippen molar-refractivity contribution in [1.29, 1.82) is 0 Å². The summed E-state index contributed by atoms with van der Waals surface area (Å²) in [6, 6.07) is 7.76. The lowest BCUT2D eigenvalue weighted by Gasteiger charge is -2.14. The summed E-state index contributed by atoms with van der Waals surface area (Å²) in [7, 11) is -3.32. The van der Waals surface area contributed by atoms with E-state index >= 15 is 0 Å². The molecule has 5 N–H and O–H groups in total. The van der Waals surface area contributed by atoms with Crippen LogP contribution in [-0.4, -0.2) is 48.8 Å². The van der Waals surface area contributed by atoms with Gasteiger partial charge in [-0.25, -0.2) is 26.4 Å². The molecule has 4 aromatic rings. The molecule has 0 amide bonds. The van der Waals surface area contributed by atoms with Crippen molar-refractivity contribution in [3.8, 4) is 0 Å². The molecule has 310 valence electrons. The minimum atomic E-state index is -4.40. The molecule has 0 bridgehead atoms. The summed E-state index contributed by atoms with van der Waals surface area (Å²) in [5.74, 6) is -2.69. The minimum absolute atomic E-state index is 0.000648. The van der Waals surface area contributed by atoms with E-state index in [-0.39, 0.29) is 43.7 Å². The monoisotopic (exact) mass is 1020 g/mol. The number of sulfonamides is 1. The smallest absolute Gasteiger partial charge is 0.337 e. The van der Waals surface area contributed by atoms with Crippen molar-refractivity contribution in [2.24, 2.45) is 0 Å². The maximum atomic E-state index is 12.8. The van der Waals surface area contributed by atoms with E-state index in [0.717, 1.165) is 10.0 Å². The van der Waals surface area contributed by atoms with Gasteiger partial charge >= 0.3 is 11.9 Å². The first kappa shape index (κ1) is 51.0. The highest BCUT2D eigenvalue weighted by Crippen LogP contribution is 2.38. The van der Waals surface area contributed by atoms with Gasteiger partial charge in [-0.2, -0.15) is 0 Å². The van der Waals surface area contributed by atoms with Crippen LogP contribution < -0.4 is 10.5 Å². The van der Waals surface area contributed by atoms with Crippen molar-refractivity contribution >= 4 is 120 Å². The molecule has 0 unspecified atom stereocenters. The standard InChI is InChI=1S/C16H14BrClN2O6S.C8H9BrN2O2.C8H6Cl2O4S.C2H6/c1-7-4-10(16(21)22)14(18)13(5-7)27(25,26)19-12-6-11(17)8(2)9(3)15(12)20(23)24;1-4-5(2)8(11(12)13)7(10)3-6(4)9;1-4-2-5(8(11)12)7(9)6(3-4)15(10,13)14;1-2/h4-6,19H,1-3H3,(H,21,22);3H,10H2,1-2H3;2-3H,1H3,(H,11,12);1-2H3. The number of halogens is 5. The van der Waals surface area contributed by atoms with Crippen molar-refractivity contribution in [2.75, 3.05) is 10.5 Å². The van der Waals surface area contributed by atoms with Gasteiger partial charge in [0.1, 0.15) is 21.2 Å². The van der Waals surface area contributed by atoms with Crippen LogP contribution in [0.25, 0.3) is 0 Å². The number of anilines is 2. The number of carboxylic acid groups (broad SMARTS) is 2. The highest BCUT2D eigenvalue weighted by Gasteiger charge is 2.29. The first-order valence-electron chi connectivity index (χ1n) is 15.7. The minimum Gasteiger partial charge on any atom is -0.478 e. The quantitative estimate of drug-likeness (QED) is 0.0554. The van der Waals surface area contributed by atoms with Gasteiger partial charge in [0.2, 0.25) is 0 Å². The Labute approximate surface area is 359 Å². The third-order valence-electron chi connectivity index (χ3n) is 7.62. The Hall–Kier alpha value is -4.05. The number of aryl methyl sites for hydroxylation is 2. The van der Waals surface area contributed by atoms with E-state index in [4.69, 9.17) is 44.7 Å². The number of nitrogens with two attached hydrogens (primary N) is 1. The van der Waals surface area contributed by atoms with Crippen molar-refractivity contribution in [1.82, 2.24) is 0 Å². The van der Waals surface area contributed by atoms with Gasteiger partial charge in [0.15, 0.2) is 0 Å². The number of hydrogen-bond donors (Lipinski definition) is 4. The molecule has 0 radical (unpaired) electrons. The molecule has 0 aliphatic heterocycles. The van der Waals surface area contributed by atoms with Crippen LogP contribution in [0.2, 0.25) is 10.0 Å². The fraction of sp³-hybridized carbons (Fsp3) is 0.235. The molecule has 23 heteroatoms. The molecule has 4 rings (SSSR count). The molecule has 4 aromatic carbocycles. The Morgan fingerprint density at radius 1 is 0.684 bits per heavy atom. The van der Waals surface area contributed by atoms with Gasteiger partial charge in [-0.1, -0.05) is 68.9 Å². The predicted octanol–water partition coefficient (Wildman–Crippen LogP) is 10.3. The third-order valence-corrected chi connectivity index (χ3v) is 13.0. The first-order chi connectivity index (χ1) is 26.0. The fourth-order valence-electron chi connectivity index (χ4n) is 4.66. The molecule has 0 saturated heterocycles. The van der Waals surface area contributed by atoms with Crippen LogP contribution in [0.4, 0.5) is 22.7 Å². The second kappa shape index (κ2) is 20.6. The number of nitrogens with one attached hydrogen (secondary N) is 1. The highest BCUT2D eigenvalue weighted by molar-refractivity contribution is 9.10. The highest BCUT2D eigenvalue weighted by atomic mass is 79.9. The molecule has 0 aliphatic carbocycles. The van der Waals surface area contributed by atoms with Crippen LogP contribution in [0.5, 0.6) is 0 Å². The van der Waals surface area contributed by atoms with Crippen molar-refractivity contribution in [3.63, 3.8) is 0 Å². The molecule has 16 nitrogen and oxygen atoms in total. The lowest BCUT2D eigenvalue weighted by Crippen LogP contribution is -2.16. The Balaban J connectivity index is 0.000000457. The SMILES string of the molecule is CC.Cc1c(Br)cc(N)c([N+](=O)[O-])c1C.Cc1cc(C(=O)O)c(Cl)c(S(=O)(=O)Cl)c1.Cc1cc(C(=O)O)c(Cl)c(S(=O)(=O)Nc2cc(Br)c(C)c(C)c2[N+](=O)[O-])c1. The molecule has 0 aromatic heterocycles. The summed E-state index contributed by atoms with van der Waals surface area (Å²) >= 11 is 18.1.